The molecular weight excluding hydrogens is 246 g/mol. The number of hydrogen-bond acceptors (Lipinski definition) is 5. The number of halogens is 1. The number of nitrogens with zero attached hydrogens (tertiary/aromatic N) is 1. The van der Waals surface area contributed by atoms with Crippen LogP contribution in [0.4, 0.5) is 0 Å². The molecule has 0 radical (unpaired) electrons. The van der Waals surface area contributed by atoms with Gasteiger partial charge in [-0.2, -0.15) is 0 Å². The van der Waals surface area contributed by atoms with Crippen LogP contribution < -0.4 is 0 Å². The molecule has 5 nitrogen and oxygen atoms in total. The number of phenolic OH excluding ortho intramolecular Hbond substituents is 2. The molecule has 1 aliphatic heterocycles. The van der Waals surface area contributed by atoms with E-state index in [-0.39, 0.29) is 23.0 Å². The fourth-order valence-electron chi connectivity index (χ4n) is 1.35. The molecule has 88 valence electrons. The minimum absolute atomic E-state index is 0.0572. The Morgan fingerprint density at radius 2 is 2.12 bits per heavy atom. The van der Waals surface area contributed by atoms with E-state index in [1.807, 2.05) is 0 Å². The second-order valence-electron chi connectivity index (χ2n) is 3.36. The number of alkyl halides is 1. The zero-order chi connectivity index (χ0) is 12.4. The van der Waals surface area contributed by atoms with Gasteiger partial charge >= 0.3 is 5.97 Å². The summed E-state index contributed by atoms with van der Waals surface area (Å²) in [4.78, 5) is 15.8. The zero-order valence-corrected chi connectivity index (χ0v) is 9.31. The quantitative estimate of drug-likeness (QED) is 0.363. The summed E-state index contributed by atoms with van der Waals surface area (Å²) in [5.41, 5.74) is 1.11. The van der Waals surface area contributed by atoms with Gasteiger partial charge in [0.25, 0.3) is 0 Å². The van der Waals surface area contributed by atoms with E-state index >= 15 is 0 Å². The highest BCUT2D eigenvalue weighted by atomic mass is 35.5. The summed E-state index contributed by atoms with van der Waals surface area (Å²) in [7, 11) is 0. The highest BCUT2D eigenvalue weighted by Gasteiger charge is 2.24. The average molecular weight is 254 g/mol. The van der Waals surface area contributed by atoms with Gasteiger partial charge in [-0.05, 0) is 23.8 Å². The number of rotatable bonds is 2. The second kappa shape index (κ2) is 4.47. The Balaban J connectivity index is 2.38. The molecular formula is C11H8ClNO4. The Bertz CT molecular complexity index is 536. The van der Waals surface area contributed by atoms with E-state index in [2.05, 4.69) is 9.99 Å². The summed E-state index contributed by atoms with van der Waals surface area (Å²) in [6.45, 7) is 0. The summed E-state index contributed by atoms with van der Waals surface area (Å²) < 4.78 is 0. The molecule has 6 heteroatoms. The van der Waals surface area contributed by atoms with Crippen LogP contribution in [-0.4, -0.2) is 27.8 Å². The largest absolute Gasteiger partial charge is 0.504 e. The van der Waals surface area contributed by atoms with E-state index in [0.29, 0.717) is 11.3 Å². The fraction of sp³-hybridized carbons (Fsp3) is 0.0909. The van der Waals surface area contributed by atoms with Gasteiger partial charge in [0, 0.05) is 0 Å². The van der Waals surface area contributed by atoms with Gasteiger partial charge in [0.1, 0.15) is 5.71 Å². The number of carbonyl (C=O) groups excluding carboxylic acids is 1. The first kappa shape index (κ1) is 11.5. The van der Waals surface area contributed by atoms with Gasteiger partial charge in [-0.1, -0.05) is 11.2 Å². The molecule has 2 N–H and O–H groups in total. The van der Waals surface area contributed by atoms with Crippen molar-refractivity contribution in [1.82, 2.24) is 0 Å². The molecule has 1 aromatic rings. The number of oxime groups is 1. The zero-order valence-electron chi connectivity index (χ0n) is 8.55. The summed E-state index contributed by atoms with van der Waals surface area (Å²) >= 11 is 5.60. The van der Waals surface area contributed by atoms with Crippen LogP contribution in [0.2, 0.25) is 0 Å². The minimum atomic E-state index is -0.590. The molecule has 1 aliphatic rings. The van der Waals surface area contributed by atoms with E-state index in [1.165, 1.54) is 18.2 Å². The van der Waals surface area contributed by atoms with Crippen LogP contribution in [0.15, 0.2) is 28.9 Å². The van der Waals surface area contributed by atoms with E-state index in [4.69, 9.17) is 16.7 Å². The van der Waals surface area contributed by atoms with Crippen molar-refractivity contribution in [3.8, 4) is 11.5 Å². The minimum Gasteiger partial charge on any atom is -0.504 e. The Morgan fingerprint density at radius 3 is 2.76 bits per heavy atom. The van der Waals surface area contributed by atoms with Crippen molar-refractivity contribution in [2.45, 2.75) is 0 Å². The average Bonchev–Trinajstić information content (AvgIpc) is 2.65. The molecule has 0 aliphatic carbocycles. The van der Waals surface area contributed by atoms with Crippen molar-refractivity contribution in [1.29, 1.82) is 0 Å². The Kier molecular flexibility index (Phi) is 3.01. The number of hydrogen-bond donors (Lipinski definition) is 2. The molecule has 0 spiro atoms. The van der Waals surface area contributed by atoms with Gasteiger partial charge in [0.2, 0.25) is 0 Å². The number of aromatic hydroxyl groups is 2. The molecule has 0 atom stereocenters. The van der Waals surface area contributed by atoms with E-state index in [0.717, 1.165) is 0 Å². The Hall–Kier alpha value is -2.01. The summed E-state index contributed by atoms with van der Waals surface area (Å²) in [6, 6.07) is 4.18. The van der Waals surface area contributed by atoms with E-state index in [1.54, 1.807) is 6.07 Å². The molecule has 0 unspecified atom stereocenters. The Morgan fingerprint density at radius 1 is 1.35 bits per heavy atom. The number of benzene rings is 1. The summed E-state index contributed by atoms with van der Waals surface area (Å²) in [5, 5.41) is 22.0. The predicted molar refractivity (Wildman–Crippen MR) is 62.0 cm³/mol. The van der Waals surface area contributed by atoms with Crippen molar-refractivity contribution >= 4 is 29.4 Å². The van der Waals surface area contributed by atoms with E-state index < -0.39 is 5.97 Å². The van der Waals surface area contributed by atoms with Crippen LogP contribution >= 0.6 is 11.6 Å². The van der Waals surface area contributed by atoms with Crippen LogP contribution in [0.25, 0.3) is 6.08 Å². The lowest BCUT2D eigenvalue weighted by atomic mass is 10.1. The summed E-state index contributed by atoms with van der Waals surface area (Å²) in [5.74, 6) is -1.03. The molecule has 0 amide bonds. The van der Waals surface area contributed by atoms with Gasteiger partial charge in [0.15, 0.2) is 11.5 Å². The first-order chi connectivity index (χ1) is 8.11. The van der Waals surface area contributed by atoms with E-state index in [9.17, 15) is 9.90 Å². The lowest BCUT2D eigenvalue weighted by Crippen LogP contribution is -2.06. The van der Waals surface area contributed by atoms with Crippen LogP contribution in [-0.2, 0) is 9.63 Å². The van der Waals surface area contributed by atoms with Crippen molar-refractivity contribution in [2.24, 2.45) is 5.16 Å². The lowest BCUT2D eigenvalue weighted by Gasteiger charge is -2.00. The fourth-order valence-corrected chi connectivity index (χ4v) is 1.54. The third-order valence-electron chi connectivity index (χ3n) is 2.21. The molecule has 0 fully saturated rings. The second-order valence-corrected chi connectivity index (χ2v) is 3.62. The first-order valence-corrected chi connectivity index (χ1v) is 5.23. The smallest absolute Gasteiger partial charge is 0.367 e. The van der Waals surface area contributed by atoms with Gasteiger partial charge < -0.3 is 15.1 Å². The first-order valence-electron chi connectivity index (χ1n) is 4.70. The molecule has 1 heterocycles. The van der Waals surface area contributed by atoms with Crippen LogP contribution in [0.1, 0.15) is 5.56 Å². The molecule has 2 rings (SSSR count). The summed E-state index contributed by atoms with van der Waals surface area (Å²) in [6.07, 6.45) is 1.48. The monoisotopic (exact) mass is 253 g/mol. The highest BCUT2D eigenvalue weighted by Crippen LogP contribution is 2.26. The van der Waals surface area contributed by atoms with Crippen LogP contribution in [0.5, 0.6) is 11.5 Å². The van der Waals surface area contributed by atoms with Crippen molar-refractivity contribution in [3.63, 3.8) is 0 Å². The van der Waals surface area contributed by atoms with Crippen molar-refractivity contribution in [2.75, 3.05) is 5.88 Å². The number of carbonyl (C=O) groups is 1. The molecule has 0 bridgehead atoms. The number of phenols is 2. The normalized spacial score (nSPS) is 17.1. The van der Waals surface area contributed by atoms with Crippen molar-refractivity contribution < 1.29 is 19.8 Å². The predicted octanol–water partition coefficient (Wildman–Crippen LogP) is 1.63. The molecule has 0 saturated carbocycles. The van der Waals surface area contributed by atoms with Crippen molar-refractivity contribution in [3.05, 3.63) is 29.3 Å². The molecule has 17 heavy (non-hydrogen) atoms. The highest BCUT2D eigenvalue weighted by molar-refractivity contribution is 6.38. The molecule has 0 aromatic heterocycles. The third kappa shape index (κ3) is 2.24. The van der Waals surface area contributed by atoms with Gasteiger partial charge in [-0.25, -0.2) is 4.79 Å². The molecule has 0 saturated heterocycles. The maximum Gasteiger partial charge on any atom is 0.367 e. The SMILES string of the molecule is O=C1ON=C(CCl)/C1=C\c1ccc(O)c(O)c1. The molecule has 1 aromatic carbocycles. The standard InChI is InChI=1S/C11H8ClNO4/c12-5-8-7(11(16)17-13-8)3-6-1-2-9(14)10(15)4-6/h1-4,14-15H,5H2/b7-3+. The maximum atomic E-state index is 11.3. The van der Waals surface area contributed by atoms with Crippen LogP contribution in [0.3, 0.4) is 0 Å². The van der Waals surface area contributed by atoms with Gasteiger partial charge in [-0.15, -0.1) is 11.6 Å². The third-order valence-corrected chi connectivity index (χ3v) is 2.46. The van der Waals surface area contributed by atoms with Gasteiger partial charge in [0.05, 0.1) is 11.5 Å². The topological polar surface area (TPSA) is 79.1 Å². The van der Waals surface area contributed by atoms with Crippen LogP contribution in [0, 0.1) is 0 Å². The maximum absolute atomic E-state index is 11.3. The lowest BCUT2D eigenvalue weighted by molar-refractivity contribution is -0.136. The Labute approximate surface area is 102 Å². The van der Waals surface area contributed by atoms with Gasteiger partial charge in [-0.3, -0.25) is 0 Å².